The topological polar surface area (TPSA) is 132 Å². The number of carboxylic acid groups (broad SMARTS) is 1. The van der Waals surface area contributed by atoms with E-state index in [9.17, 15) is 22.8 Å². The van der Waals surface area contributed by atoms with Gasteiger partial charge in [0.25, 0.3) is 5.91 Å². The van der Waals surface area contributed by atoms with Crippen LogP contribution in [0.2, 0.25) is 0 Å². The minimum atomic E-state index is -4.33. The molecule has 182 valence electrons. The number of alkyl halides is 3. The normalized spacial score (nSPS) is 13.1. The molecule has 3 heterocycles. The highest BCUT2D eigenvalue weighted by atomic mass is 19.4. The van der Waals surface area contributed by atoms with Crippen LogP contribution in [0.3, 0.4) is 0 Å². The molecule has 0 spiro atoms. The average molecular weight is 479 g/mol. The molecule has 1 amide bonds. The van der Waals surface area contributed by atoms with Gasteiger partial charge >= 0.3 is 12.1 Å². The first-order chi connectivity index (χ1) is 16.1. The molecule has 3 aromatic rings. The van der Waals surface area contributed by atoms with Crippen LogP contribution in [-0.2, 0) is 20.0 Å². The maximum absolute atomic E-state index is 12.5. The van der Waals surface area contributed by atoms with Gasteiger partial charge in [-0.05, 0) is 13.0 Å². The number of hydrogen-bond acceptors (Lipinski definition) is 6. The van der Waals surface area contributed by atoms with Gasteiger partial charge in [0, 0.05) is 32.1 Å². The quantitative estimate of drug-likeness (QED) is 0.552. The van der Waals surface area contributed by atoms with Crippen molar-refractivity contribution in [3.63, 3.8) is 0 Å². The lowest BCUT2D eigenvalue weighted by Gasteiger charge is -2.30. The highest BCUT2D eigenvalue weighted by Crippen LogP contribution is 2.21. The van der Waals surface area contributed by atoms with E-state index in [-0.39, 0.29) is 41.8 Å². The number of aromatic carboxylic acids is 1. The maximum Gasteiger partial charge on any atom is 0.408 e. The van der Waals surface area contributed by atoms with Gasteiger partial charge in [0.2, 0.25) is 0 Å². The van der Waals surface area contributed by atoms with Crippen molar-refractivity contribution in [2.24, 2.45) is 12.8 Å². The van der Waals surface area contributed by atoms with Crippen LogP contribution < -0.4 is 5.73 Å². The van der Waals surface area contributed by atoms with Gasteiger partial charge in [-0.3, -0.25) is 9.48 Å². The van der Waals surface area contributed by atoms with Crippen LogP contribution in [0.5, 0.6) is 0 Å². The van der Waals surface area contributed by atoms with Gasteiger partial charge in [0.05, 0.1) is 11.8 Å². The van der Waals surface area contributed by atoms with Gasteiger partial charge < -0.3 is 15.7 Å². The SMILES string of the molecule is Cn1ncc(C(=O)N2CCC2)c1C(=O)O.NCCc1nc(-c2ccccc2)nn1CC(F)(F)F. The Balaban J connectivity index is 0.000000196. The highest BCUT2D eigenvalue weighted by molar-refractivity contribution is 6.03. The van der Waals surface area contributed by atoms with E-state index >= 15 is 0 Å². The summed E-state index contributed by atoms with van der Waals surface area (Å²) in [6.07, 6.45) is -1.78. The third-order valence-electron chi connectivity index (χ3n) is 4.99. The zero-order chi connectivity index (χ0) is 24.9. The Bertz CT molecular complexity index is 1140. The second kappa shape index (κ2) is 10.5. The van der Waals surface area contributed by atoms with E-state index in [2.05, 4.69) is 15.2 Å². The fourth-order valence-electron chi connectivity index (χ4n) is 3.23. The Labute approximate surface area is 192 Å². The molecule has 4 rings (SSSR count). The highest BCUT2D eigenvalue weighted by Gasteiger charge is 2.30. The Kier molecular flexibility index (Phi) is 7.66. The molecular formula is C21H24F3N7O3. The minimum absolute atomic E-state index is 0.0492. The molecule has 13 heteroatoms. The number of nitrogens with zero attached hydrogens (tertiary/aromatic N) is 6. The van der Waals surface area contributed by atoms with Crippen molar-refractivity contribution < 1.29 is 27.9 Å². The number of aromatic nitrogens is 5. The van der Waals surface area contributed by atoms with Crippen molar-refractivity contribution in [1.29, 1.82) is 0 Å². The fraction of sp³-hybridized carbons (Fsp3) is 0.381. The Hall–Kier alpha value is -3.74. The summed E-state index contributed by atoms with van der Waals surface area (Å²) in [5, 5.41) is 16.6. The lowest BCUT2D eigenvalue weighted by Crippen LogP contribution is -2.42. The first kappa shape index (κ1) is 24.9. The number of carboxylic acids is 1. The van der Waals surface area contributed by atoms with E-state index in [1.165, 1.54) is 17.9 Å². The van der Waals surface area contributed by atoms with Crippen LogP contribution in [0.15, 0.2) is 36.5 Å². The number of amides is 1. The summed E-state index contributed by atoms with van der Waals surface area (Å²) in [7, 11) is 1.51. The molecule has 10 nitrogen and oxygen atoms in total. The summed E-state index contributed by atoms with van der Waals surface area (Å²) in [5.74, 6) is -0.836. The first-order valence-electron chi connectivity index (χ1n) is 10.4. The van der Waals surface area contributed by atoms with Gasteiger partial charge in [-0.2, -0.15) is 23.4 Å². The lowest BCUT2D eigenvalue weighted by atomic mass is 10.1. The third-order valence-corrected chi connectivity index (χ3v) is 4.99. The van der Waals surface area contributed by atoms with Crippen LogP contribution >= 0.6 is 0 Å². The van der Waals surface area contributed by atoms with Crippen molar-refractivity contribution >= 4 is 11.9 Å². The minimum Gasteiger partial charge on any atom is -0.477 e. The molecule has 1 fully saturated rings. The van der Waals surface area contributed by atoms with Gasteiger partial charge in [0.1, 0.15) is 12.4 Å². The second-order valence-corrected chi connectivity index (χ2v) is 7.51. The van der Waals surface area contributed by atoms with Crippen LogP contribution in [0.4, 0.5) is 13.2 Å². The van der Waals surface area contributed by atoms with E-state index in [0.717, 1.165) is 11.1 Å². The van der Waals surface area contributed by atoms with E-state index in [1.54, 1.807) is 29.2 Å². The molecule has 2 aromatic heterocycles. The largest absolute Gasteiger partial charge is 0.477 e. The van der Waals surface area contributed by atoms with Crippen LogP contribution in [0, 0.1) is 0 Å². The van der Waals surface area contributed by atoms with Crippen molar-refractivity contribution in [2.45, 2.75) is 25.6 Å². The van der Waals surface area contributed by atoms with E-state index in [4.69, 9.17) is 10.8 Å². The second-order valence-electron chi connectivity index (χ2n) is 7.51. The molecule has 0 radical (unpaired) electrons. The van der Waals surface area contributed by atoms with Crippen LogP contribution in [0.25, 0.3) is 11.4 Å². The summed E-state index contributed by atoms with van der Waals surface area (Å²) in [5.41, 5.74) is 6.18. The Morgan fingerprint density at radius 1 is 1.18 bits per heavy atom. The third kappa shape index (κ3) is 5.98. The van der Waals surface area contributed by atoms with Crippen molar-refractivity contribution in [3.8, 4) is 11.4 Å². The molecule has 34 heavy (non-hydrogen) atoms. The summed E-state index contributed by atoms with van der Waals surface area (Å²) in [4.78, 5) is 28.4. The number of carbonyl (C=O) groups excluding carboxylic acids is 1. The Morgan fingerprint density at radius 2 is 1.85 bits per heavy atom. The summed E-state index contributed by atoms with van der Waals surface area (Å²) < 4.78 is 39.4. The van der Waals surface area contributed by atoms with E-state index in [0.29, 0.717) is 18.7 Å². The lowest BCUT2D eigenvalue weighted by molar-refractivity contribution is -0.143. The van der Waals surface area contributed by atoms with Gasteiger partial charge in [-0.15, -0.1) is 0 Å². The molecule has 3 N–H and O–H groups in total. The van der Waals surface area contributed by atoms with Gasteiger partial charge in [-0.25, -0.2) is 14.5 Å². The number of likely N-dealkylation sites (tertiary alicyclic amines) is 1. The molecule has 0 atom stereocenters. The molecular weight excluding hydrogens is 455 g/mol. The van der Waals surface area contributed by atoms with E-state index < -0.39 is 18.7 Å². The van der Waals surface area contributed by atoms with Crippen LogP contribution in [0.1, 0.15) is 33.1 Å². The number of aryl methyl sites for hydroxylation is 1. The molecule has 0 unspecified atom stereocenters. The average Bonchev–Trinajstić information content (AvgIpc) is 3.30. The number of carbonyl (C=O) groups is 2. The van der Waals surface area contributed by atoms with Crippen molar-refractivity contribution in [3.05, 3.63) is 53.6 Å². The maximum atomic E-state index is 12.5. The summed E-state index contributed by atoms with van der Waals surface area (Å²) >= 11 is 0. The van der Waals surface area contributed by atoms with Gasteiger partial charge in [0.15, 0.2) is 11.5 Å². The molecule has 1 aromatic carbocycles. The smallest absolute Gasteiger partial charge is 0.408 e. The fourth-order valence-corrected chi connectivity index (χ4v) is 3.23. The van der Waals surface area contributed by atoms with Crippen LogP contribution in [-0.4, -0.2) is 72.2 Å². The predicted octanol–water partition coefficient (Wildman–Crippen LogP) is 1.97. The number of halogens is 3. The predicted molar refractivity (Wildman–Crippen MR) is 115 cm³/mol. The molecule has 1 aliphatic heterocycles. The van der Waals surface area contributed by atoms with Gasteiger partial charge in [-0.1, -0.05) is 30.3 Å². The van der Waals surface area contributed by atoms with Crippen molar-refractivity contribution in [2.75, 3.05) is 19.6 Å². The summed E-state index contributed by atoms with van der Waals surface area (Å²) in [6, 6.07) is 8.88. The first-order valence-corrected chi connectivity index (χ1v) is 10.4. The molecule has 1 aliphatic rings. The number of nitrogens with two attached hydrogens (primary N) is 1. The summed E-state index contributed by atoms with van der Waals surface area (Å²) in [6.45, 7) is 0.479. The Morgan fingerprint density at radius 3 is 2.38 bits per heavy atom. The molecule has 0 aliphatic carbocycles. The monoisotopic (exact) mass is 479 g/mol. The number of rotatable bonds is 6. The standard InChI is InChI=1S/C12H13F3N4.C9H11N3O3/c13-12(14,15)8-19-10(6-7-16)17-11(18-19)9-4-2-1-3-5-9;1-11-7(9(14)15)6(5-10-11)8(13)12-3-2-4-12/h1-5H,6-8,16H2;5H,2-4H2,1H3,(H,14,15). The molecule has 0 bridgehead atoms. The number of hydrogen-bond donors (Lipinski definition) is 2. The van der Waals surface area contributed by atoms with Crippen molar-refractivity contribution in [1.82, 2.24) is 29.4 Å². The number of benzene rings is 1. The zero-order valence-corrected chi connectivity index (χ0v) is 18.4. The molecule has 1 saturated heterocycles. The van der Waals surface area contributed by atoms with E-state index in [1.807, 2.05) is 6.07 Å². The zero-order valence-electron chi connectivity index (χ0n) is 18.4. The molecule has 0 saturated carbocycles.